The highest BCUT2D eigenvalue weighted by atomic mass is 16.5. The summed E-state index contributed by atoms with van der Waals surface area (Å²) in [5, 5.41) is 2.62. The van der Waals surface area contributed by atoms with Crippen LogP contribution >= 0.6 is 0 Å². The monoisotopic (exact) mass is 349 g/mol. The zero-order valence-corrected chi connectivity index (χ0v) is 14.2. The number of amides is 1. The molecule has 1 N–H and O–H groups in total. The Morgan fingerprint density at radius 2 is 1.72 bits per heavy atom. The first kappa shape index (κ1) is 18.2. The number of carbonyl (C=O) groups is 2. The van der Waals surface area contributed by atoms with Gasteiger partial charge >= 0.3 is 5.97 Å². The lowest BCUT2D eigenvalue weighted by molar-refractivity contribution is -0.123. The number of ether oxygens (including phenoxy) is 4. The second-order valence-corrected chi connectivity index (χ2v) is 4.81. The molecule has 134 valence electrons. The second-order valence-electron chi connectivity index (χ2n) is 4.81. The quantitative estimate of drug-likeness (QED) is 0.726. The molecule has 0 fully saturated rings. The number of nitrogens with one attached hydrogen (secondary N) is 1. The number of methoxy groups -OCH3 is 3. The van der Waals surface area contributed by atoms with Gasteiger partial charge in [-0.05, 0) is 24.3 Å². The van der Waals surface area contributed by atoms with E-state index in [1.54, 1.807) is 24.3 Å². The van der Waals surface area contributed by atoms with Crippen LogP contribution < -0.4 is 19.5 Å². The summed E-state index contributed by atoms with van der Waals surface area (Å²) >= 11 is 0. The van der Waals surface area contributed by atoms with Gasteiger partial charge in [0.1, 0.15) is 5.76 Å². The molecule has 0 saturated heterocycles. The van der Waals surface area contributed by atoms with Crippen molar-refractivity contribution in [1.82, 2.24) is 5.32 Å². The first-order chi connectivity index (χ1) is 12.1. The first-order valence-corrected chi connectivity index (χ1v) is 7.36. The van der Waals surface area contributed by atoms with Crippen LogP contribution in [0.15, 0.2) is 34.7 Å². The molecular weight excluding hydrogens is 330 g/mol. The van der Waals surface area contributed by atoms with Crippen molar-refractivity contribution in [2.45, 2.75) is 6.54 Å². The normalized spacial score (nSPS) is 10.0. The maximum absolute atomic E-state index is 11.9. The van der Waals surface area contributed by atoms with Crippen LogP contribution in [0.5, 0.6) is 17.2 Å². The van der Waals surface area contributed by atoms with Crippen molar-refractivity contribution in [3.8, 4) is 17.2 Å². The fourth-order valence-corrected chi connectivity index (χ4v) is 2.02. The maximum atomic E-state index is 11.9. The Balaban J connectivity index is 1.89. The third-order valence-corrected chi connectivity index (χ3v) is 3.24. The largest absolute Gasteiger partial charge is 0.493 e. The summed E-state index contributed by atoms with van der Waals surface area (Å²) in [5.41, 5.74) is 0. The lowest BCUT2D eigenvalue weighted by Crippen LogP contribution is -2.28. The van der Waals surface area contributed by atoms with Crippen LogP contribution in [-0.4, -0.2) is 39.8 Å². The van der Waals surface area contributed by atoms with E-state index in [4.69, 9.17) is 18.6 Å². The van der Waals surface area contributed by atoms with Gasteiger partial charge in [-0.1, -0.05) is 6.07 Å². The summed E-state index contributed by atoms with van der Waals surface area (Å²) in [6.45, 7) is -0.121. The standard InChI is InChI=1S/C17H19NO7/c1-21-12-5-4-6-13(22-2)16(12)24-10-15(19)18-9-11-7-8-14(25-11)17(20)23-3/h4-8H,9-10H2,1-3H3,(H,18,19). The number of esters is 1. The molecule has 0 aliphatic rings. The highest BCUT2D eigenvalue weighted by Crippen LogP contribution is 2.36. The molecule has 0 bridgehead atoms. The van der Waals surface area contributed by atoms with E-state index in [0.717, 1.165) is 0 Å². The third-order valence-electron chi connectivity index (χ3n) is 3.24. The summed E-state index contributed by atoms with van der Waals surface area (Å²) in [4.78, 5) is 23.2. The number of para-hydroxylation sites is 1. The van der Waals surface area contributed by atoms with E-state index in [1.807, 2.05) is 0 Å². The molecular formula is C17H19NO7. The molecule has 8 heteroatoms. The van der Waals surface area contributed by atoms with Crippen molar-refractivity contribution in [3.05, 3.63) is 41.9 Å². The van der Waals surface area contributed by atoms with Crippen molar-refractivity contribution in [3.63, 3.8) is 0 Å². The van der Waals surface area contributed by atoms with E-state index >= 15 is 0 Å². The topological polar surface area (TPSA) is 96.2 Å². The summed E-state index contributed by atoms with van der Waals surface area (Å²) in [5.74, 6) is 0.800. The second kappa shape index (κ2) is 8.62. The van der Waals surface area contributed by atoms with Crippen molar-refractivity contribution in [2.24, 2.45) is 0 Å². The van der Waals surface area contributed by atoms with Gasteiger partial charge in [0.15, 0.2) is 18.1 Å². The summed E-state index contributed by atoms with van der Waals surface area (Å²) in [6, 6.07) is 8.21. The van der Waals surface area contributed by atoms with Gasteiger partial charge in [0.25, 0.3) is 5.91 Å². The number of benzene rings is 1. The molecule has 0 aliphatic carbocycles. The minimum Gasteiger partial charge on any atom is -0.493 e. The molecule has 0 spiro atoms. The predicted octanol–water partition coefficient (Wildman–Crippen LogP) is 1.78. The molecule has 0 unspecified atom stereocenters. The van der Waals surface area contributed by atoms with Crippen LogP contribution in [0.3, 0.4) is 0 Å². The molecule has 1 aromatic carbocycles. The van der Waals surface area contributed by atoms with Gasteiger partial charge in [0.2, 0.25) is 11.5 Å². The fraction of sp³-hybridized carbons (Fsp3) is 0.294. The van der Waals surface area contributed by atoms with E-state index in [9.17, 15) is 9.59 Å². The molecule has 2 aromatic rings. The van der Waals surface area contributed by atoms with Gasteiger partial charge < -0.3 is 28.7 Å². The van der Waals surface area contributed by atoms with Crippen molar-refractivity contribution >= 4 is 11.9 Å². The Labute approximate surface area is 144 Å². The highest BCUT2D eigenvalue weighted by molar-refractivity contribution is 5.86. The molecule has 2 rings (SSSR count). The van der Waals surface area contributed by atoms with Crippen LogP contribution in [0.25, 0.3) is 0 Å². The number of carbonyl (C=O) groups excluding carboxylic acids is 2. The van der Waals surface area contributed by atoms with Gasteiger partial charge in [-0.3, -0.25) is 4.79 Å². The van der Waals surface area contributed by atoms with Gasteiger partial charge in [-0.15, -0.1) is 0 Å². The Morgan fingerprint density at radius 1 is 1.04 bits per heavy atom. The number of rotatable bonds is 8. The summed E-state index contributed by atoms with van der Waals surface area (Å²) in [6.07, 6.45) is 0. The van der Waals surface area contributed by atoms with Crippen LogP contribution in [0.4, 0.5) is 0 Å². The molecule has 8 nitrogen and oxygen atoms in total. The van der Waals surface area contributed by atoms with Gasteiger partial charge in [0, 0.05) is 0 Å². The lowest BCUT2D eigenvalue weighted by Gasteiger charge is -2.13. The maximum Gasteiger partial charge on any atom is 0.373 e. The number of hydrogen-bond donors (Lipinski definition) is 1. The van der Waals surface area contributed by atoms with Gasteiger partial charge in [0.05, 0.1) is 27.9 Å². The van der Waals surface area contributed by atoms with Crippen molar-refractivity contribution in [1.29, 1.82) is 0 Å². The van der Waals surface area contributed by atoms with Crippen LogP contribution in [0, 0.1) is 0 Å². The number of hydrogen-bond acceptors (Lipinski definition) is 7. The zero-order valence-electron chi connectivity index (χ0n) is 14.2. The SMILES string of the molecule is COC(=O)c1ccc(CNC(=O)COc2c(OC)cccc2OC)o1. The van der Waals surface area contributed by atoms with E-state index in [1.165, 1.54) is 27.4 Å². The molecule has 0 aliphatic heterocycles. The Hall–Kier alpha value is -3.16. The van der Waals surface area contributed by atoms with E-state index in [0.29, 0.717) is 23.0 Å². The average molecular weight is 349 g/mol. The summed E-state index contributed by atoms with van der Waals surface area (Å²) in [7, 11) is 4.25. The van der Waals surface area contributed by atoms with Crippen LogP contribution in [0.1, 0.15) is 16.3 Å². The van der Waals surface area contributed by atoms with E-state index in [-0.39, 0.29) is 24.8 Å². The Morgan fingerprint density at radius 3 is 2.32 bits per heavy atom. The summed E-state index contributed by atoms with van der Waals surface area (Å²) < 4.78 is 25.7. The number of furan rings is 1. The van der Waals surface area contributed by atoms with Gasteiger partial charge in [-0.2, -0.15) is 0 Å². The molecule has 0 atom stereocenters. The first-order valence-electron chi connectivity index (χ1n) is 7.36. The van der Waals surface area contributed by atoms with Crippen molar-refractivity contribution < 1.29 is 33.0 Å². The molecule has 25 heavy (non-hydrogen) atoms. The smallest absolute Gasteiger partial charge is 0.373 e. The van der Waals surface area contributed by atoms with Crippen LogP contribution in [-0.2, 0) is 16.1 Å². The van der Waals surface area contributed by atoms with E-state index in [2.05, 4.69) is 10.1 Å². The molecule has 1 aromatic heterocycles. The Bertz CT molecular complexity index is 716. The minimum atomic E-state index is -0.579. The zero-order chi connectivity index (χ0) is 18.2. The van der Waals surface area contributed by atoms with Crippen molar-refractivity contribution in [2.75, 3.05) is 27.9 Å². The molecule has 1 amide bonds. The molecule has 0 radical (unpaired) electrons. The highest BCUT2D eigenvalue weighted by Gasteiger charge is 2.14. The average Bonchev–Trinajstić information content (AvgIpc) is 3.12. The Kier molecular flexibility index (Phi) is 6.27. The molecule has 0 saturated carbocycles. The molecule has 1 heterocycles. The van der Waals surface area contributed by atoms with E-state index < -0.39 is 5.97 Å². The lowest BCUT2D eigenvalue weighted by atomic mass is 10.3. The fourth-order valence-electron chi connectivity index (χ4n) is 2.02. The minimum absolute atomic E-state index is 0.0711. The van der Waals surface area contributed by atoms with Crippen LogP contribution in [0.2, 0.25) is 0 Å². The third kappa shape index (κ3) is 4.66. The van der Waals surface area contributed by atoms with Gasteiger partial charge in [-0.25, -0.2) is 4.79 Å². The predicted molar refractivity (Wildman–Crippen MR) is 86.9 cm³/mol.